The number of alkyl halides is 3. The van der Waals surface area contributed by atoms with Crippen molar-refractivity contribution in [3.63, 3.8) is 0 Å². The number of hydrogen-bond acceptors (Lipinski definition) is 9. The third-order valence-electron chi connectivity index (χ3n) is 6.24. The van der Waals surface area contributed by atoms with Crippen LogP contribution >= 0.6 is 11.6 Å². The Morgan fingerprint density at radius 1 is 1.21 bits per heavy atom. The molecule has 0 unspecified atom stereocenters. The molecule has 1 amide bonds. The van der Waals surface area contributed by atoms with Crippen molar-refractivity contribution in [2.24, 2.45) is 0 Å². The number of nitrogens with one attached hydrogen (secondary N) is 2. The second-order valence-electron chi connectivity index (χ2n) is 10.8. The Kier molecular flexibility index (Phi) is 8.17. The quantitative estimate of drug-likeness (QED) is 0.269. The first-order valence-corrected chi connectivity index (χ1v) is 13.9. The van der Waals surface area contributed by atoms with E-state index in [2.05, 4.69) is 20.5 Å². The van der Waals surface area contributed by atoms with Crippen LogP contribution in [0.3, 0.4) is 0 Å². The van der Waals surface area contributed by atoms with Gasteiger partial charge in [-0.25, -0.2) is 18.3 Å². The number of carbonyl (C=O) groups excluding carboxylic acids is 1. The molecule has 4 N–H and O–H groups in total. The van der Waals surface area contributed by atoms with Crippen LogP contribution < -0.4 is 20.1 Å². The van der Waals surface area contributed by atoms with Gasteiger partial charge in [-0.2, -0.15) is 18.2 Å². The van der Waals surface area contributed by atoms with Crippen LogP contribution in [0.15, 0.2) is 30.3 Å². The summed E-state index contributed by atoms with van der Waals surface area (Å²) < 4.78 is 80.0. The third kappa shape index (κ3) is 6.43. The predicted molar refractivity (Wildman–Crippen MR) is 152 cm³/mol. The van der Waals surface area contributed by atoms with Crippen LogP contribution in [-0.2, 0) is 21.8 Å². The van der Waals surface area contributed by atoms with E-state index < -0.39 is 39.9 Å². The molecule has 4 rings (SSSR count). The highest BCUT2D eigenvalue weighted by atomic mass is 35.5. The number of likely N-dealkylation sites (tertiary alicyclic amines) is 1. The standard InChI is InChI=1S/C25H29ClF3N7O5S/c1-23(2,3)41-22(37)35-11-24(4,12-35)36(42(38)39)17-8-13(6-7-18(17)40-5)19-15(25(27,28)29)9-14(10-16(19)26)31-21-32-20(30)33-34-21/h6-10,42H,11-12H2,1-5H3,(H4,30,31,32,33,34). The van der Waals surface area contributed by atoms with E-state index in [-0.39, 0.29) is 58.3 Å². The number of H-pyrrole nitrogens is 1. The van der Waals surface area contributed by atoms with Gasteiger partial charge < -0.3 is 25.4 Å². The molecule has 0 aliphatic carbocycles. The van der Waals surface area contributed by atoms with Crippen LogP contribution in [0.25, 0.3) is 11.1 Å². The predicted octanol–water partition coefficient (Wildman–Crippen LogP) is 4.82. The smallest absolute Gasteiger partial charge is 0.417 e. The molecule has 2 aromatic carbocycles. The molecular weight excluding hydrogens is 603 g/mol. The van der Waals surface area contributed by atoms with E-state index in [1.165, 1.54) is 36.3 Å². The van der Waals surface area contributed by atoms with E-state index in [0.717, 1.165) is 10.4 Å². The van der Waals surface area contributed by atoms with Gasteiger partial charge in [-0.05, 0) is 57.5 Å². The molecule has 2 heterocycles. The average Bonchev–Trinajstić information content (AvgIpc) is 3.24. The molecular formula is C25H29ClF3N7O5S. The van der Waals surface area contributed by atoms with Crippen LogP contribution in [0.4, 0.5) is 41.2 Å². The molecule has 0 radical (unpaired) electrons. The Balaban J connectivity index is 1.76. The van der Waals surface area contributed by atoms with Crippen molar-refractivity contribution in [1.29, 1.82) is 0 Å². The van der Waals surface area contributed by atoms with Crippen LogP contribution in [0, 0.1) is 0 Å². The second-order valence-corrected chi connectivity index (χ2v) is 12.1. The Labute approximate surface area is 246 Å². The number of methoxy groups -OCH3 is 1. The Bertz CT molecular complexity index is 1580. The lowest BCUT2D eigenvalue weighted by atomic mass is 9.91. The normalized spacial score (nSPS) is 14.9. The maximum Gasteiger partial charge on any atom is 0.417 e. The van der Waals surface area contributed by atoms with Crippen molar-refractivity contribution in [3.05, 3.63) is 40.9 Å². The highest BCUT2D eigenvalue weighted by molar-refractivity contribution is 7.74. The first-order chi connectivity index (χ1) is 19.4. The molecule has 1 aromatic heterocycles. The van der Waals surface area contributed by atoms with Crippen LogP contribution in [0.2, 0.25) is 5.02 Å². The fraction of sp³-hybridized carbons (Fsp3) is 0.400. The Hall–Kier alpha value is -3.92. The van der Waals surface area contributed by atoms with E-state index in [9.17, 15) is 26.4 Å². The maximum absolute atomic E-state index is 14.3. The molecule has 0 spiro atoms. The fourth-order valence-electron chi connectivity index (χ4n) is 4.61. The number of benzene rings is 2. The van der Waals surface area contributed by atoms with Crippen molar-refractivity contribution < 1.29 is 35.9 Å². The van der Waals surface area contributed by atoms with Crippen LogP contribution in [0.5, 0.6) is 5.75 Å². The summed E-state index contributed by atoms with van der Waals surface area (Å²) in [6.45, 7) is 6.66. The van der Waals surface area contributed by atoms with Gasteiger partial charge in [0, 0.05) is 24.3 Å². The Morgan fingerprint density at radius 2 is 1.88 bits per heavy atom. The number of aromatic amines is 1. The lowest BCUT2D eigenvalue weighted by Gasteiger charge is -2.52. The minimum atomic E-state index is -4.86. The highest BCUT2D eigenvalue weighted by Crippen LogP contribution is 2.46. The van der Waals surface area contributed by atoms with Gasteiger partial charge in [0.1, 0.15) is 11.4 Å². The fourth-order valence-corrected chi connectivity index (χ4v) is 5.79. The van der Waals surface area contributed by atoms with Gasteiger partial charge in [0.15, 0.2) is 0 Å². The summed E-state index contributed by atoms with van der Waals surface area (Å²) in [6, 6.07) is 6.03. The van der Waals surface area contributed by atoms with Crippen molar-refractivity contribution in [2.45, 2.75) is 45.0 Å². The van der Waals surface area contributed by atoms with Crippen LogP contribution in [0.1, 0.15) is 33.3 Å². The summed E-state index contributed by atoms with van der Waals surface area (Å²) in [4.78, 5) is 17.6. The molecule has 42 heavy (non-hydrogen) atoms. The molecule has 0 saturated carbocycles. The number of aromatic nitrogens is 3. The summed E-state index contributed by atoms with van der Waals surface area (Å²) in [5.41, 5.74) is 1.99. The van der Waals surface area contributed by atoms with Gasteiger partial charge in [0.2, 0.25) is 22.8 Å². The topological polar surface area (TPSA) is 156 Å². The minimum Gasteiger partial charge on any atom is -0.495 e. The SMILES string of the molecule is COc1ccc(-c2c(Cl)cc(Nc3n[nH]c(N)n3)cc2C(F)(F)F)cc1N([SH](=O)=O)C1(C)CN(C(=O)OC(C)(C)C)C1. The zero-order valence-electron chi connectivity index (χ0n) is 23.2. The zero-order chi connectivity index (χ0) is 31.2. The number of amides is 1. The number of carbonyl (C=O) groups is 1. The molecule has 3 aromatic rings. The first-order valence-electron chi connectivity index (χ1n) is 12.4. The summed E-state index contributed by atoms with van der Waals surface area (Å²) >= 11 is 6.41. The number of nitrogen functional groups attached to an aromatic ring is 1. The number of anilines is 4. The summed E-state index contributed by atoms with van der Waals surface area (Å²) in [5, 5.41) is 8.44. The van der Waals surface area contributed by atoms with Gasteiger partial charge >= 0.3 is 12.3 Å². The summed E-state index contributed by atoms with van der Waals surface area (Å²) in [7, 11) is -2.04. The van der Waals surface area contributed by atoms with Crippen LogP contribution in [-0.4, -0.2) is 65.9 Å². The highest BCUT2D eigenvalue weighted by Gasteiger charge is 2.49. The second kappa shape index (κ2) is 11.1. The zero-order valence-corrected chi connectivity index (χ0v) is 24.8. The molecule has 12 nitrogen and oxygen atoms in total. The first kappa shape index (κ1) is 31.0. The van der Waals surface area contributed by atoms with Crippen molar-refractivity contribution >= 4 is 51.9 Å². The van der Waals surface area contributed by atoms with E-state index >= 15 is 0 Å². The van der Waals surface area contributed by atoms with Gasteiger partial charge in [-0.15, -0.1) is 5.10 Å². The Morgan fingerprint density at radius 3 is 2.40 bits per heavy atom. The number of nitrogens with two attached hydrogens (primary N) is 1. The van der Waals surface area contributed by atoms with E-state index in [1.54, 1.807) is 27.7 Å². The molecule has 0 atom stereocenters. The minimum absolute atomic E-state index is 0.0226. The molecule has 1 aliphatic rings. The number of hydrogen-bond donors (Lipinski definition) is 4. The van der Waals surface area contributed by atoms with Gasteiger partial charge in [-0.3, -0.25) is 4.31 Å². The molecule has 228 valence electrons. The van der Waals surface area contributed by atoms with Gasteiger partial charge in [0.25, 0.3) is 0 Å². The maximum atomic E-state index is 14.3. The molecule has 1 fully saturated rings. The molecule has 17 heteroatoms. The van der Waals surface area contributed by atoms with Gasteiger partial charge in [-0.1, -0.05) is 17.7 Å². The lowest BCUT2D eigenvalue weighted by molar-refractivity contribution is -0.137. The van der Waals surface area contributed by atoms with E-state index in [1.807, 2.05) is 0 Å². The number of nitrogens with zero attached hydrogens (tertiary/aromatic N) is 4. The molecule has 1 aliphatic heterocycles. The molecule has 0 bridgehead atoms. The monoisotopic (exact) mass is 631 g/mol. The summed E-state index contributed by atoms with van der Waals surface area (Å²) in [5.74, 6) is -0.0297. The number of rotatable bonds is 7. The van der Waals surface area contributed by atoms with Crippen molar-refractivity contribution in [1.82, 2.24) is 20.1 Å². The molecule has 1 saturated heterocycles. The largest absolute Gasteiger partial charge is 0.495 e. The number of halogens is 4. The van der Waals surface area contributed by atoms with Gasteiger partial charge in [0.05, 0.1) is 28.9 Å². The third-order valence-corrected chi connectivity index (χ3v) is 7.56. The average molecular weight is 632 g/mol. The lowest BCUT2D eigenvalue weighted by Crippen LogP contribution is -2.70. The number of thiol groups is 1. The number of ether oxygens (including phenoxy) is 2. The van der Waals surface area contributed by atoms with Crippen molar-refractivity contribution in [3.8, 4) is 16.9 Å². The van der Waals surface area contributed by atoms with E-state index in [0.29, 0.717) is 0 Å². The van der Waals surface area contributed by atoms with Crippen molar-refractivity contribution in [2.75, 3.05) is 35.6 Å². The summed E-state index contributed by atoms with van der Waals surface area (Å²) in [6.07, 6.45) is -5.48. The van der Waals surface area contributed by atoms with E-state index in [4.69, 9.17) is 26.8 Å².